The Morgan fingerprint density at radius 1 is 1.46 bits per heavy atom. The number of hydrogen-bond donors (Lipinski definition) is 1. The van der Waals surface area contributed by atoms with Crippen LogP contribution in [0.3, 0.4) is 0 Å². The summed E-state index contributed by atoms with van der Waals surface area (Å²) in [6.07, 6.45) is 8.43. The minimum atomic E-state index is 1.04. The summed E-state index contributed by atoms with van der Waals surface area (Å²) >= 11 is 0. The van der Waals surface area contributed by atoms with Gasteiger partial charge in [0.2, 0.25) is 0 Å². The van der Waals surface area contributed by atoms with Crippen LogP contribution in [0.1, 0.15) is 18.4 Å². The van der Waals surface area contributed by atoms with Crippen molar-refractivity contribution in [2.75, 3.05) is 13.1 Å². The maximum Gasteiger partial charge on any atom is 0.0340 e. The van der Waals surface area contributed by atoms with Gasteiger partial charge in [0.25, 0.3) is 0 Å². The van der Waals surface area contributed by atoms with Crippen LogP contribution in [0.25, 0.3) is 6.08 Å². The molecule has 1 aromatic rings. The molecule has 1 saturated heterocycles. The van der Waals surface area contributed by atoms with E-state index < -0.39 is 0 Å². The number of piperidine rings is 1. The molecule has 1 N–H and O–H groups in total. The van der Waals surface area contributed by atoms with Gasteiger partial charge >= 0.3 is 0 Å². The van der Waals surface area contributed by atoms with Crippen LogP contribution in [-0.2, 0) is 0 Å². The molecular formula is C11H14N2. The maximum atomic E-state index is 4.09. The summed E-state index contributed by atoms with van der Waals surface area (Å²) in [4.78, 5) is 4.09. The monoisotopic (exact) mass is 174 g/mol. The molecule has 2 heterocycles. The predicted molar refractivity (Wildman–Crippen MR) is 54.3 cm³/mol. The first-order valence-corrected chi connectivity index (χ1v) is 4.75. The number of hydrogen-bond acceptors (Lipinski definition) is 2. The zero-order valence-electron chi connectivity index (χ0n) is 7.66. The Bertz CT molecular complexity index is 282. The summed E-state index contributed by atoms with van der Waals surface area (Å²) in [5.74, 6) is 0. The third kappa shape index (κ3) is 2.39. The number of aromatic nitrogens is 1. The molecule has 1 fully saturated rings. The molecule has 0 bridgehead atoms. The van der Waals surface area contributed by atoms with E-state index in [9.17, 15) is 0 Å². The summed E-state index contributed by atoms with van der Waals surface area (Å²) in [7, 11) is 0. The van der Waals surface area contributed by atoms with Crippen LogP contribution in [0.4, 0.5) is 0 Å². The van der Waals surface area contributed by atoms with E-state index in [1.165, 1.54) is 24.0 Å². The van der Waals surface area contributed by atoms with Crippen molar-refractivity contribution < 1.29 is 0 Å². The molecule has 1 aromatic heterocycles. The Kier molecular flexibility index (Phi) is 2.72. The molecule has 1 aliphatic heterocycles. The molecule has 68 valence electrons. The van der Waals surface area contributed by atoms with E-state index in [0.717, 1.165) is 13.1 Å². The maximum absolute atomic E-state index is 4.09. The lowest BCUT2D eigenvalue weighted by Crippen LogP contribution is -2.23. The minimum absolute atomic E-state index is 1.04. The number of rotatable bonds is 1. The first-order valence-electron chi connectivity index (χ1n) is 4.75. The van der Waals surface area contributed by atoms with Gasteiger partial charge in [-0.25, -0.2) is 0 Å². The van der Waals surface area contributed by atoms with Gasteiger partial charge in [-0.2, -0.15) is 0 Å². The quantitative estimate of drug-likeness (QED) is 0.702. The fraction of sp³-hybridized carbons (Fsp3) is 0.364. The summed E-state index contributed by atoms with van der Waals surface area (Å²) < 4.78 is 0. The van der Waals surface area contributed by atoms with Crippen molar-refractivity contribution in [2.45, 2.75) is 12.8 Å². The Hall–Kier alpha value is -1.15. The first kappa shape index (κ1) is 8.45. The summed E-state index contributed by atoms with van der Waals surface area (Å²) in [6.45, 7) is 2.19. The van der Waals surface area contributed by atoms with Crippen LogP contribution in [0, 0.1) is 0 Å². The van der Waals surface area contributed by atoms with E-state index in [-0.39, 0.29) is 0 Å². The molecule has 0 atom stereocenters. The van der Waals surface area contributed by atoms with Crippen molar-refractivity contribution in [1.82, 2.24) is 10.3 Å². The average molecular weight is 174 g/mol. The molecule has 0 saturated carbocycles. The molecule has 0 unspecified atom stereocenters. The van der Waals surface area contributed by atoms with Gasteiger partial charge < -0.3 is 5.32 Å². The normalized spacial score (nSPS) is 20.5. The Labute approximate surface area is 78.7 Å². The molecule has 0 amide bonds. The molecule has 2 rings (SSSR count). The summed E-state index contributed by atoms with van der Waals surface area (Å²) in [6, 6.07) is 4.07. The highest BCUT2D eigenvalue weighted by molar-refractivity contribution is 5.52. The smallest absolute Gasteiger partial charge is 0.0340 e. The van der Waals surface area contributed by atoms with E-state index >= 15 is 0 Å². The van der Waals surface area contributed by atoms with Gasteiger partial charge in [0.05, 0.1) is 0 Å². The molecule has 1 aliphatic rings. The van der Waals surface area contributed by atoms with Gasteiger partial charge in [-0.05, 0) is 31.0 Å². The molecular weight excluding hydrogens is 160 g/mol. The van der Waals surface area contributed by atoms with E-state index in [1.54, 1.807) is 6.20 Å². The topological polar surface area (TPSA) is 24.9 Å². The molecule has 0 spiro atoms. The first-order chi connectivity index (χ1) is 6.45. The van der Waals surface area contributed by atoms with Crippen molar-refractivity contribution in [3.8, 4) is 0 Å². The zero-order valence-corrected chi connectivity index (χ0v) is 7.66. The molecule has 0 radical (unpaired) electrons. The van der Waals surface area contributed by atoms with Gasteiger partial charge in [0.1, 0.15) is 0 Å². The minimum Gasteiger partial charge on any atom is -0.313 e. The SMILES string of the molecule is C(=C1CCCNC1)c1cccnc1. The van der Waals surface area contributed by atoms with Gasteiger partial charge in [0.15, 0.2) is 0 Å². The highest BCUT2D eigenvalue weighted by atomic mass is 14.9. The average Bonchev–Trinajstić information content (AvgIpc) is 2.21. The van der Waals surface area contributed by atoms with Gasteiger partial charge in [-0.15, -0.1) is 0 Å². The highest BCUT2D eigenvalue weighted by Gasteiger charge is 2.03. The molecule has 0 aromatic carbocycles. The Balaban J connectivity index is 2.10. The third-order valence-electron chi connectivity index (χ3n) is 2.26. The number of nitrogens with zero attached hydrogens (tertiary/aromatic N) is 1. The second-order valence-electron chi connectivity index (χ2n) is 3.37. The summed E-state index contributed by atoms with van der Waals surface area (Å²) in [5, 5.41) is 3.37. The van der Waals surface area contributed by atoms with E-state index in [4.69, 9.17) is 0 Å². The lowest BCUT2D eigenvalue weighted by atomic mass is 10.0. The van der Waals surface area contributed by atoms with Crippen molar-refractivity contribution >= 4 is 6.08 Å². The van der Waals surface area contributed by atoms with Gasteiger partial charge in [-0.3, -0.25) is 4.98 Å². The van der Waals surface area contributed by atoms with Crippen LogP contribution in [0.5, 0.6) is 0 Å². The molecule has 2 nitrogen and oxygen atoms in total. The van der Waals surface area contributed by atoms with Crippen LogP contribution in [-0.4, -0.2) is 18.1 Å². The Morgan fingerprint density at radius 2 is 2.46 bits per heavy atom. The lowest BCUT2D eigenvalue weighted by Gasteiger charge is -2.14. The van der Waals surface area contributed by atoms with E-state index in [1.807, 2.05) is 12.3 Å². The van der Waals surface area contributed by atoms with Crippen LogP contribution >= 0.6 is 0 Å². The fourth-order valence-corrected chi connectivity index (χ4v) is 1.60. The summed E-state index contributed by atoms with van der Waals surface area (Å²) in [5.41, 5.74) is 2.69. The molecule has 2 heteroatoms. The predicted octanol–water partition coefficient (Wildman–Crippen LogP) is 1.85. The van der Waals surface area contributed by atoms with Crippen LogP contribution in [0.2, 0.25) is 0 Å². The largest absolute Gasteiger partial charge is 0.313 e. The fourth-order valence-electron chi connectivity index (χ4n) is 1.60. The van der Waals surface area contributed by atoms with Crippen molar-refractivity contribution in [2.24, 2.45) is 0 Å². The van der Waals surface area contributed by atoms with Gasteiger partial charge in [-0.1, -0.05) is 17.7 Å². The lowest BCUT2D eigenvalue weighted by molar-refractivity contribution is 0.613. The second-order valence-corrected chi connectivity index (χ2v) is 3.37. The zero-order chi connectivity index (χ0) is 8.93. The second kappa shape index (κ2) is 4.19. The van der Waals surface area contributed by atoms with Gasteiger partial charge in [0, 0.05) is 18.9 Å². The van der Waals surface area contributed by atoms with E-state index in [2.05, 4.69) is 22.4 Å². The van der Waals surface area contributed by atoms with Crippen LogP contribution in [0.15, 0.2) is 30.1 Å². The van der Waals surface area contributed by atoms with Crippen LogP contribution < -0.4 is 5.32 Å². The van der Waals surface area contributed by atoms with E-state index in [0.29, 0.717) is 0 Å². The third-order valence-corrected chi connectivity index (χ3v) is 2.26. The van der Waals surface area contributed by atoms with Crippen molar-refractivity contribution in [3.63, 3.8) is 0 Å². The highest BCUT2D eigenvalue weighted by Crippen LogP contribution is 2.12. The molecule has 0 aliphatic carbocycles. The van der Waals surface area contributed by atoms with Crippen molar-refractivity contribution in [1.29, 1.82) is 0 Å². The van der Waals surface area contributed by atoms with Crippen molar-refractivity contribution in [3.05, 3.63) is 35.7 Å². The molecule has 13 heavy (non-hydrogen) atoms. The Morgan fingerprint density at radius 3 is 3.15 bits per heavy atom. The number of nitrogens with one attached hydrogen (secondary N) is 1. The number of pyridine rings is 1. The standard InChI is InChI=1S/C11H14N2/c1-3-10(8-12-5-1)7-11-4-2-6-13-9-11/h1,3,5,7-8,13H,2,4,6,9H2.